The maximum atomic E-state index is 13.0. The van der Waals surface area contributed by atoms with Gasteiger partial charge in [-0.2, -0.15) is 23.4 Å². The zero-order chi connectivity index (χ0) is 37.7. The van der Waals surface area contributed by atoms with E-state index in [1.54, 1.807) is 7.11 Å². The van der Waals surface area contributed by atoms with E-state index in [-0.39, 0.29) is 42.7 Å². The van der Waals surface area contributed by atoms with Gasteiger partial charge in [0.05, 0.1) is 33.5 Å². The molecule has 0 aliphatic rings. The van der Waals surface area contributed by atoms with Crippen molar-refractivity contribution in [2.24, 2.45) is 5.73 Å². The number of H-pyrrole nitrogens is 2. The molecule has 0 aliphatic carbocycles. The molecule has 0 radical (unpaired) electrons. The zero-order valence-corrected chi connectivity index (χ0v) is 27.3. The predicted molar refractivity (Wildman–Crippen MR) is 165 cm³/mol. The fourth-order valence-electron chi connectivity index (χ4n) is 3.42. The van der Waals surface area contributed by atoms with Gasteiger partial charge < -0.3 is 51.1 Å². The van der Waals surface area contributed by atoms with Crippen molar-refractivity contribution in [3.05, 3.63) is 23.5 Å². The number of carboxylic acid groups (broad SMARTS) is 1. The molecule has 0 bridgehead atoms. The number of nitrogens with two attached hydrogens (primary N) is 1. The van der Waals surface area contributed by atoms with Gasteiger partial charge in [-0.1, -0.05) is 0 Å². The number of ether oxygens (including phenoxy) is 4. The number of esters is 1. The number of alkyl halides is 3. The Kier molecular flexibility index (Phi) is 19.3. The van der Waals surface area contributed by atoms with Gasteiger partial charge in [-0.25, -0.2) is 9.59 Å². The Morgan fingerprint density at radius 2 is 1.46 bits per heavy atom. The van der Waals surface area contributed by atoms with E-state index in [2.05, 4.69) is 46.4 Å². The van der Waals surface area contributed by atoms with Crippen LogP contribution in [0.3, 0.4) is 0 Å². The Bertz CT molecular complexity index is 1400. The van der Waals surface area contributed by atoms with Crippen LogP contribution in [0.5, 0.6) is 0 Å². The highest BCUT2D eigenvalue weighted by molar-refractivity contribution is 6.00. The molecular weight excluding hydrogens is 683 g/mol. The summed E-state index contributed by atoms with van der Waals surface area (Å²) in [6, 6.07) is 0.556. The summed E-state index contributed by atoms with van der Waals surface area (Å²) in [7, 11) is 2.76. The monoisotopic (exact) mass is 723 g/mol. The summed E-state index contributed by atoms with van der Waals surface area (Å²) in [4.78, 5) is 71.0. The number of carboxylic acids is 1. The lowest BCUT2D eigenvalue weighted by atomic mass is 10.1. The first-order valence-corrected chi connectivity index (χ1v) is 14.7. The highest BCUT2D eigenvalue weighted by Crippen LogP contribution is 2.13. The summed E-state index contributed by atoms with van der Waals surface area (Å²) in [5.74, 6) is -5.65. The molecule has 0 unspecified atom stereocenters. The van der Waals surface area contributed by atoms with E-state index in [0.29, 0.717) is 39.2 Å². The number of nitrogens with one attached hydrogen (secondary N) is 6. The van der Waals surface area contributed by atoms with Crippen molar-refractivity contribution in [1.29, 1.82) is 0 Å². The normalized spacial score (nSPS) is 12.1. The van der Waals surface area contributed by atoms with E-state index < -0.39 is 53.8 Å². The van der Waals surface area contributed by atoms with Crippen molar-refractivity contribution in [2.45, 2.75) is 44.4 Å². The van der Waals surface area contributed by atoms with Gasteiger partial charge >= 0.3 is 18.1 Å². The van der Waals surface area contributed by atoms with E-state index in [0.717, 1.165) is 0 Å². The maximum Gasteiger partial charge on any atom is 0.490 e. The van der Waals surface area contributed by atoms with Crippen LogP contribution in [0.25, 0.3) is 0 Å². The molecule has 4 amide bonds. The molecule has 2 heterocycles. The molecule has 2 rings (SSSR count). The number of amides is 4. The highest BCUT2D eigenvalue weighted by Gasteiger charge is 2.38. The topological polar surface area (TPSA) is 291 Å². The number of nitrogens with zero attached hydrogens (tertiary/aromatic N) is 2. The van der Waals surface area contributed by atoms with Gasteiger partial charge in [0, 0.05) is 19.2 Å². The zero-order valence-electron chi connectivity index (χ0n) is 27.3. The lowest BCUT2D eigenvalue weighted by molar-refractivity contribution is -0.192. The molecule has 0 saturated carbocycles. The predicted octanol–water partition coefficient (Wildman–Crippen LogP) is -0.458. The number of aromatic nitrogens is 4. The molecule has 2 aromatic rings. The quantitative estimate of drug-likeness (QED) is 0.0634. The van der Waals surface area contributed by atoms with E-state index in [4.69, 9.17) is 29.8 Å². The third kappa shape index (κ3) is 16.8. The van der Waals surface area contributed by atoms with Crippen molar-refractivity contribution in [1.82, 2.24) is 31.0 Å². The number of anilines is 2. The summed E-state index contributed by atoms with van der Waals surface area (Å²) >= 11 is 0. The number of carbonyl (C=O) groups excluding carboxylic acids is 5. The Hall–Kier alpha value is -5.13. The number of unbranched alkanes of at least 4 members (excludes halogenated alkanes) is 1. The Morgan fingerprint density at radius 3 is 2.06 bits per heavy atom. The summed E-state index contributed by atoms with van der Waals surface area (Å²) in [6.45, 7) is 2.98. The van der Waals surface area contributed by atoms with Gasteiger partial charge in [0.2, 0.25) is 11.8 Å². The number of carbonyl (C=O) groups is 6. The standard InChI is InChI=1S/C25H39N9O9.C2HF3O2/c1-15(22(36)30-20-13-18(32-34-20)25(39)41-3)27-23(37)16(6-4-5-7-26)28-24(38)17-12-19(33-31-17)29-21(35)14-43-11-10-42-9-8-40-2;3-2(4,5)1(6)7/h12-13,15-16H,4-11,14,26H2,1-3H3,(H,27,37)(H,28,38)(H2,29,31,33,35)(H2,30,32,34,36);(H,6,7)/t15-,16-;/m0./s1. The van der Waals surface area contributed by atoms with Crippen molar-refractivity contribution >= 4 is 47.2 Å². The minimum absolute atomic E-state index is 0.00915. The number of halogens is 3. The summed E-state index contributed by atoms with van der Waals surface area (Å²) in [6.07, 6.45) is -3.70. The van der Waals surface area contributed by atoms with Gasteiger partial charge in [0.25, 0.3) is 11.8 Å². The van der Waals surface area contributed by atoms with Crippen LogP contribution < -0.4 is 27.0 Å². The number of aliphatic carboxylic acids is 1. The minimum Gasteiger partial charge on any atom is -0.475 e. The lowest BCUT2D eigenvalue weighted by Crippen LogP contribution is -2.51. The molecule has 280 valence electrons. The molecule has 0 fully saturated rings. The molecule has 0 saturated heterocycles. The van der Waals surface area contributed by atoms with Crippen LogP contribution in [-0.4, -0.2) is 133 Å². The van der Waals surface area contributed by atoms with Crippen molar-refractivity contribution in [3.8, 4) is 0 Å². The molecule has 0 aliphatic heterocycles. The van der Waals surface area contributed by atoms with Gasteiger partial charge in [0.1, 0.15) is 30.1 Å². The number of hydrogen-bond acceptors (Lipinski definition) is 13. The van der Waals surface area contributed by atoms with Gasteiger partial charge in [0.15, 0.2) is 11.6 Å². The second kappa shape index (κ2) is 22.5. The fourth-order valence-corrected chi connectivity index (χ4v) is 3.42. The van der Waals surface area contributed by atoms with Crippen LogP contribution in [0, 0.1) is 0 Å². The second-order valence-electron chi connectivity index (χ2n) is 9.86. The Balaban J connectivity index is 0.00000161. The smallest absolute Gasteiger partial charge is 0.475 e. The van der Waals surface area contributed by atoms with Gasteiger partial charge in [-0.05, 0) is 32.7 Å². The van der Waals surface area contributed by atoms with Crippen LogP contribution in [0.4, 0.5) is 24.8 Å². The molecule has 2 aromatic heterocycles. The third-order valence-corrected chi connectivity index (χ3v) is 5.92. The van der Waals surface area contributed by atoms with E-state index in [9.17, 15) is 37.1 Å². The first kappa shape index (κ1) is 42.9. The summed E-state index contributed by atoms with van der Waals surface area (Å²) < 4.78 is 51.6. The maximum absolute atomic E-state index is 13.0. The number of rotatable bonds is 20. The third-order valence-electron chi connectivity index (χ3n) is 5.92. The average molecular weight is 724 g/mol. The van der Waals surface area contributed by atoms with Crippen molar-refractivity contribution in [2.75, 3.05) is 64.4 Å². The van der Waals surface area contributed by atoms with Crippen LogP contribution in [0.15, 0.2) is 12.1 Å². The van der Waals surface area contributed by atoms with Crippen LogP contribution in [-0.2, 0) is 38.1 Å². The summed E-state index contributed by atoms with van der Waals surface area (Å²) in [5.41, 5.74) is 5.59. The fraction of sp³-hybridized carbons (Fsp3) is 0.556. The highest BCUT2D eigenvalue weighted by atomic mass is 19.4. The first-order valence-electron chi connectivity index (χ1n) is 14.7. The Morgan fingerprint density at radius 1 is 0.880 bits per heavy atom. The number of hydrogen-bond donors (Lipinski definition) is 8. The van der Waals surface area contributed by atoms with Crippen molar-refractivity contribution < 1.29 is 66.0 Å². The van der Waals surface area contributed by atoms with Gasteiger partial charge in [-0.15, -0.1) is 0 Å². The molecule has 0 spiro atoms. The minimum atomic E-state index is -5.08. The van der Waals surface area contributed by atoms with Gasteiger partial charge in [-0.3, -0.25) is 29.4 Å². The van der Waals surface area contributed by atoms with E-state index >= 15 is 0 Å². The van der Waals surface area contributed by atoms with E-state index in [1.165, 1.54) is 26.2 Å². The molecule has 50 heavy (non-hydrogen) atoms. The molecule has 23 heteroatoms. The van der Waals surface area contributed by atoms with Crippen LogP contribution in [0.2, 0.25) is 0 Å². The molecule has 2 atom stereocenters. The van der Waals surface area contributed by atoms with Crippen LogP contribution in [0.1, 0.15) is 47.2 Å². The molecule has 9 N–H and O–H groups in total. The largest absolute Gasteiger partial charge is 0.490 e. The SMILES string of the molecule is COCCOCCOCC(=O)Nc1cc(C(=O)N[C@@H](CCCCN)C(=O)N[C@@H](C)C(=O)Nc2cc(C(=O)OC)[nH]n2)[nH]n1.O=C(O)C(F)(F)F. The molecule has 0 aromatic carbocycles. The average Bonchev–Trinajstić information content (AvgIpc) is 3.73. The van der Waals surface area contributed by atoms with Crippen LogP contribution >= 0.6 is 0 Å². The number of aromatic amines is 2. The number of methoxy groups -OCH3 is 2. The second-order valence-corrected chi connectivity index (χ2v) is 9.86. The molecular formula is C27H40F3N9O11. The van der Waals surface area contributed by atoms with Crippen molar-refractivity contribution in [3.63, 3.8) is 0 Å². The first-order chi connectivity index (χ1) is 23.6. The lowest BCUT2D eigenvalue weighted by Gasteiger charge is -2.20. The Labute approximate surface area is 282 Å². The summed E-state index contributed by atoms with van der Waals surface area (Å²) in [5, 5.41) is 29.9. The van der Waals surface area contributed by atoms with E-state index in [1.807, 2.05) is 0 Å². The molecule has 20 nitrogen and oxygen atoms in total.